The van der Waals surface area contributed by atoms with E-state index in [0.717, 1.165) is 27.4 Å². The zero-order chi connectivity index (χ0) is 12.5. The number of benzene rings is 1. The average Bonchev–Trinajstić information content (AvgIpc) is 3.22. The summed E-state index contributed by atoms with van der Waals surface area (Å²) >= 11 is 3.50. The first kappa shape index (κ1) is 11.7. The van der Waals surface area contributed by atoms with Gasteiger partial charge in [0.2, 0.25) is 0 Å². The van der Waals surface area contributed by atoms with Crippen molar-refractivity contribution in [1.29, 1.82) is 0 Å². The van der Waals surface area contributed by atoms with Crippen LogP contribution in [0.5, 0.6) is 0 Å². The van der Waals surface area contributed by atoms with Gasteiger partial charge in [0.05, 0.1) is 5.69 Å². The van der Waals surface area contributed by atoms with Gasteiger partial charge in [0.1, 0.15) is 11.6 Å². The Morgan fingerprint density at radius 1 is 1.22 bits per heavy atom. The highest BCUT2D eigenvalue weighted by molar-refractivity contribution is 9.10. The third kappa shape index (κ3) is 2.38. The highest BCUT2D eigenvalue weighted by Crippen LogP contribution is 2.39. The molecule has 1 aromatic carbocycles. The van der Waals surface area contributed by atoms with E-state index in [1.165, 1.54) is 12.8 Å². The van der Waals surface area contributed by atoms with E-state index in [9.17, 15) is 0 Å². The molecule has 1 aromatic heterocycles. The second-order valence-corrected chi connectivity index (χ2v) is 5.45. The third-order valence-corrected chi connectivity index (χ3v) is 3.56. The number of hydrogen-bond acceptors (Lipinski definition) is 3. The van der Waals surface area contributed by atoms with Gasteiger partial charge in [0.25, 0.3) is 0 Å². The van der Waals surface area contributed by atoms with Crippen LogP contribution in [0.3, 0.4) is 0 Å². The average molecular weight is 304 g/mol. The fourth-order valence-electron chi connectivity index (χ4n) is 1.91. The quantitative estimate of drug-likeness (QED) is 0.936. The first-order valence-electron chi connectivity index (χ1n) is 6.09. The summed E-state index contributed by atoms with van der Waals surface area (Å²) in [5.41, 5.74) is 2.10. The minimum atomic E-state index is 0.559. The molecule has 0 radical (unpaired) electrons. The summed E-state index contributed by atoms with van der Waals surface area (Å²) in [5, 5.41) is 3.11. The lowest BCUT2D eigenvalue weighted by Gasteiger charge is -2.07. The maximum atomic E-state index is 4.68. The van der Waals surface area contributed by atoms with Crippen LogP contribution in [0.1, 0.15) is 24.6 Å². The Morgan fingerprint density at radius 3 is 2.72 bits per heavy atom. The van der Waals surface area contributed by atoms with E-state index in [4.69, 9.17) is 0 Å². The Morgan fingerprint density at radius 2 is 2.06 bits per heavy atom. The van der Waals surface area contributed by atoms with Crippen molar-refractivity contribution in [2.75, 3.05) is 12.4 Å². The molecule has 1 aliphatic rings. The fraction of sp³-hybridized carbons (Fsp3) is 0.286. The molecule has 1 aliphatic carbocycles. The van der Waals surface area contributed by atoms with Crippen molar-refractivity contribution in [3.8, 4) is 11.3 Å². The molecule has 18 heavy (non-hydrogen) atoms. The van der Waals surface area contributed by atoms with E-state index >= 15 is 0 Å². The zero-order valence-electron chi connectivity index (χ0n) is 10.2. The summed E-state index contributed by atoms with van der Waals surface area (Å²) in [4.78, 5) is 9.21. The van der Waals surface area contributed by atoms with Gasteiger partial charge < -0.3 is 5.32 Å². The predicted octanol–water partition coefficient (Wildman–Crippen LogP) is 3.83. The molecule has 3 rings (SSSR count). The Hall–Kier alpha value is -1.42. The van der Waals surface area contributed by atoms with Crippen LogP contribution in [0, 0.1) is 0 Å². The molecule has 1 fully saturated rings. The largest absolute Gasteiger partial charge is 0.373 e. The van der Waals surface area contributed by atoms with E-state index in [0.29, 0.717) is 5.92 Å². The summed E-state index contributed by atoms with van der Waals surface area (Å²) in [6.07, 6.45) is 2.43. The summed E-state index contributed by atoms with van der Waals surface area (Å²) in [5.74, 6) is 2.42. The van der Waals surface area contributed by atoms with Crippen molar-refractivity contribution in [1.82, 2.24) is 9.97 Å². The highest BCUT2D eigenvalue weighted by atomic mass is 79.9. The van der Waals surface area contributed by atoms with Gasteiger partial charge in [-0.1, -0.05) is 28.1 Å². The second kappa shape index (κ2) is 4.69. The topological polar surface area (TPSA) is 37.8 Å². The maximum Gasteiger partial charge on any atom is 0.134 e. The molecule has 0 bridgehead atoms. The van der Waals surface area contributed by atoms with Crippen molar-refractivity contribution in [3.05, 3.63) is 40.6 Å². The monoisotopic (exact) mass is 303 g/mol. The van der Waals surface area contributed by atoms with Crippen LogP contribution in [0.2, 0.25) is 0 Å². The number of aromatic nitrogens is 2. The van der Waals surface area contributed by atoms with Crippen molar-refractivity contribution >= 4 is 21.7 Å². The molecule has 0 atom stereocenters. The molecule has 1 saturated carbocycles. The van der Waals surface area contributed by atoms with E-state index in [2.05, 4.69) is 43.3 Å². The Labute approximate surface area is 115 Å². The lowest BCUT2D eigenvalue weighted by molar-refractivity contribution is 0.932. The molecular formula is C14H14BrN3. The lowest BCUT2D eigenvalue weighted by atomic mass is 10.1. The van der Waals surface area contributed by atoms with Crippen LogP contribution in [0.15, 0.2) is 34.8 Å². The molecule has 0 aliphatic heterocycles. The van der Waals surface area contributed by atoms with Gasteiger partial charge >= 0.3 is 0 Å². The van der Waals surface area contributed by atoms with Gasteiger partial charge in [-0.15, -0.1) is 0 Å². The number of rotatable bonds is 3. The molecule has 1 heterocycles. The zero-order valence-corrected chi connectivity index (χ0v) is 11.7. The Bertz CT molecular complexity index is 579. The van der Waals surface area contributed by atoms with Crippen molar-refractivity contribution in [2.24, 2.45) is 0 Å². The van der Waals surface area contributed by atoms with Crippen LogP contribution in [0.25, 0.3) is 11.3 Å². The smallest absolute Gasteiger partial charge is 0.134 e. The third-order valence-electron chi connectivity index (χ3n) is 3.06. The minimum Gasteiger partial charge on any atom is -0.373 e. The van der Waals surface area contributed by atoms with Gasteiger partial charge in [-0.25, -0.2) is 9.97 Å². The molecule has 4 heteroatoms. The maximum absolute atomic E-state index is 4.68. The molecule has 2 aromatic rings. The molecule has 3 nitrogen and oxygen atoms in total. The number of halogens is 1. The minimum absolute atomic E-state index is 0.559. The van der Waals surface area contributed by atoms with Gasteiger partial charge in [0.15, 0.2) is 0 Å². The summed E-state index contributed by atoms with van der Waals surface area (Å²) < 4.78 is 1.07. The van der Waals surface area contributed by atoms with Gasteiger partial charge in [-0.05, 0) is 25.0 Å². The number of hydrogen-bond donors (Lipinski definition) is 1. The van der Waals surface area contributed by atoms with E-state index in [1.807, 2.05) is 25.2 Å². The number of anilines is 1. The SMILES string of the molecule is CNc1cc(-c2cccc(Br)c2)nc(C2CC2)n1. The predicted molar refractivity (Wildman–Crippen MR) is 76.7 cm³/mol. The second-order valence-electron chi connectivity index (χ2n) is 4.53. The van der Waals surface area contributed by atoms with Gasteiger partial charge in [0, 0.05) is 29.1 Å². The summed E-state index contributed by atoms with van der Waals surface area (Å²) in [6, 6.07) is 10.2. The molecule has 1 N–H and O–H groups in total. The van der Waals surface area contributed by atoms with Gasteiger partial charge in [-0.3, -0.25) is 0 Å². The summed E-state index contributed by atoms with van der Waals surface area (Å²) in [6.45, 7) is 0. The highest BCUT2D eigenvalue weighted by Gasteiger charge is 2.27. The Kier molecular flexibility index (Phi) is 3.04. The fourth-order valence-corrected chi connectivity index (χ4v) is 2.31. The normalized spacial score (nSPS) is 14.6. The van der Waals surface area contributed by atoms with E-state index in [-0.39, 0.29) is 0 Å². The van der Waals surface area contributed by atoms with Gasteiger partial charge in [-0.2, -0.15) is 0 Å². The molecule has 0 unspecified atom stereocenters. The van der Waals surface area contributed by atoms with E-state index in [1.54, 1.807) is 0 Å². The molecule has 92 valence electrons. The van der Waals surface area contributed by atoms with Crippen LogP contribution in [0.4, 0.5) is 5.82 Å². The molecule has 0 saturated heterocycles. The van der Waals surface area contributed by atoms with Crippen LogP contribution in [-0.2, 0) is 0 Å². The molecule has 0 spiro atoms. The van der Waals surface area contributed by atoms with E-state index < -0.39 is 0 Å². The molecule has 0 amide bonds. The van der Waals surface area contributed by atoms with Crippen molar-refractivity contribution < 1.29 is 0 Å². The van der Waals surface area contributed by atoms with Crippen molar-refractivity contribution in [3.63, 3.8) is 0 Å². The summed E-state index contributed by atoms with van der Waals surface area (Å²) in [7, 11) is 1.89. The Balaban J connectivity index is 2.07. The van der Waals surface area contributed by atoms with Crippen LogP contribution < -0.4 is 5.32 Å². The van der Waals surface area contributed by atoms with Crippen molar-refractivity contribution in [2.45, 2.75) is 18.8 Å². The first-order chi connectivity index (χ1) is 8.76. The van der Waals surface area contributed by atoms with Crippen LogP contribution >= 0.6 is 15.9 Å². The lowest BCUT2D eigenvalue weighted by Crippen LogP contribution is -2.00. The number of nitrogens with zero attached hydrogens (tertiary/aromatic N) is 2. The first-order valence-corrected chi connectivity index (χ1v) is 6.88. The number of nitrogens with one attached hydrogen (secondary N) is 1. The molecular weight excluding hydrogens is 290 g/mol. The van der Waals surface area contributed by atoms with Crippen LogP contribution in [-0.4, -0.2) is 17.0 Å². The standard InChI is InChI=1S/C14H14BrN3/c1-16-13-8-12(10-3-2-4-11(15)7-10)17-14(18-13)9-5-6-9/h2-4,7-9H,5-6H2,1H3,(H,16,17,18).